The van der Waals surface area contributed by atoms with Crippen molar-refractivity contribution in [2.75, 3.05) is 13.1 Å². The number of imidazole rings is 1. The molecule has 1 aliphatic heterocycles. The maximum absolute atomic E-state index is 12.1. The monoisotopic (exact) mass is 328 g/mol. The fraction of sp³-hybridized carbons (Fsp3) is 0.412. The van der Waals surface area contributed by atoms with E-state index in [-0.39, 0.29) is 6.09 Å². The van der Waals surface area contributed by atoms with Crippen LogP contribution in [0.25, 0.3) is 11.2 Å². The minimum absolute atomic E-state index is 0.306. The van der Waals surface area contributed by atoms with Crippen molar-refractivity contribution in [3.05, 3.63) is 36.1 Å². The van der Waals surface area contributed by atoms with Crippen LogP contribution in [0.3, 0.4) is 0 Å². The van der Waals surface area contributed by atoms with Gasteiger partial charge in [0.1, 0.15) is 11.3 Å². The molecule has 126 valence electrons. The van der Waals surface area contributed by atoms with Crippen LogP contribution in [0.1, 0.15) is 43.4 Å². The molecule has 7 nitrogen and oxygen atoms in total. The van der Waals surface area contributed by atoms with Crippen LogP contribution in [-0.4, -0.2) is 50.3 Å². The van der Waals surface area contributed by atoms with Crippen molar-refractivity contribution in [1.82, 2.24) is 19.3 Å². The van der Waals surface area contributed by atoms with Crippen molar-refractivity contribution in [2.45, 2.75) is 32.8 Å². The molecule has 0 fully saturated rings. The molecule has 1 aliphatic rings. The third-order valence-electron chi connectivity index (χ3n) is 3.74. The van der Waals surface area contributed by atoms with Gasteiger partial charge in [0.25, 0.3) is 0 Å². The summed E-state index contributed by atoms with van der Waals surface area (Å²) >= 11 is 0. The van der Waals surface area contributed by atoms with E-state index in [1.807, 2.05) is 26.8 Å². The summed E-state index contributed by atoms with van der Waals surface area (Å²) in [6.07, 6.45) is 8.09. The molecule has 0 bridgehead atoms. The molecule has 3 heterocycles. The first-order valence-electron chi connectivity index (χ1n) is 7.83. The lowest BCUT2D eigenvalue weighted by Gasteiger charge is -2.29. The fourth-order valence-corrected chi connectivity index (χ4v) is 2.56. The number of fused-ring (bicyclic) bond motifs is 1. The molecule has 0 unspecified atom stereocenters. The largest absolute Gasteiger partial charge is 0.444 e. The van der Waals surface area contributed by atoms with Gasteiger partial charge in [-0.15, -0.1) is 0 Å². The lowest BCUT2D eigenvalue weighted by molar-refractivity contribution is 0.0270. The number of aldehydes is 1. The number of rotatable bonds is 2. The van der Waals surface area contributed by atoms with Crippen molar-refractivity contribution < 1.29 is 14.3 Å². The molecule has 1 amide bonds. The molecule has 24 heavy (non-hydrogen) atoms. The van der Waals surface area contributed by atoms with Crippen molar-refractivity contribution >= 4 is 23.6 Å². The second kappa shape index (κ2) is 6.07. The van der Waals surface area contributed by atoms with E-state index in [4.69, 9.17) is 4.74 Å². The predicted octanol–water partition coefficient (Wildman–Crippen LogP) is 2.57. The Hall–Kier alpha value is -2.70. The molecule has 2 aromatic rings. The third kappa shape index (κ3) is 3.29. The van der Waals surface area contributed by atoms with Gasteiger partial charge in [0.05, 0.1) is 18.1 Å². The average Bonchev–Trinajstić information content (AvgIpc) is 2.95. The molecular weight excluding hydrogens is 308 g/mol. The average molecular weight is 328 g/mol. The van der Waals surface area contributed by atoms with Gasteiger partial charge in [0.15, 0.2) is 11.9 Å². The highest BCUT2D eigenvalue weighted by molar-refractivity contribution is 5.75. The number of aromatic nitrogens is 3. The van der Waals surface area contributed by atoms with Crippen molar-refractivity contribution in [3.63, 3.8) is 0 Å². The SMILES string of the molecule is CC(C)(C)OC(=O)N1CC=C(c2cn3c(C=O)cnc3cn2)CC1. The third-order valence-corrected chi connectivity index (χ3v) is 3.74. The highest BCUT2D eigenvalue weighted by Crippen LogP contribution is 2.22. The summed E-state index contributed by atoms with van der Waals surface area (Å²) in [5.74, 6) is 0. The summed E-state index contributed by atoms with van der Waals surface area (Å²) in [7, 11) is 0. The predicted molar refractivity (Wildman–Crippen MR) is 88.8 cm³/mol. The van der Waals surface area contributed by atoms with Gasteiger partial charge in [-0.3, -0.25) is 14.2 Å². The van der Waals surface area contributed by atoms with E-state index in [1.54, 1.807) is 21.7 Å². The first kappa shape index (κ1) is 16.2. The molecule has 0 N–H and O–H groups in total. The highest BCUT2D eigenvalue weighted by atomic mass is 16.6. The molecule has 7 heteroatoms. The van der Waals surface area contributed by atoms with Crippen molar-refractivity contribution in [3.8, 4) is 0 Å². The van der Waals surface area contributed by atoms with Crippen LogP contribution in [-0.2, 0) is 4.74 Å². The second-order valence-electron chi connectivity index (χ2n) is 6.71. The first-order valence-corrected chi connectivity index (χ1v) is 7.83. The van der Waals surface area contributed by atoms with Gasteiger partial charge in [-0.05, 0) is 32.8 Å². The Labute approximate surface area is 140 Å². The van der Waals surface area contributed by atoms with E-state index in [1.165, 1.54) is 6.20 Å². The Balaban J connectivity index is 1.77. The zero-order valence-electron chi connectivity index (χ0n) is 14.0. The summed E-state index contributed by atoms with van der Waals surface area (Å²) in [6.45, 7) is 6.61. The molecule has 3 rings (SSSR count). The van der Waals surface area contributed by atoms with Crippen LogP contribution in [0, 0.1) is 0 Å². The minimum Gasteiger partial charge on any atom is -0.444 e. The van der Waals surface area contributed by atoms with Gasteiger partial charge in [0.2, 0.25) is 0 Å². The van der Waals surface area contributed by atoms with Crippen molar-refractivity contribution in [1.29, 1.82) is 0 Å². The van der Waals surface area contributed by atoms with E-state index >= 15 is 0 Å². The summed E-state index contributed by atoms with van der Waals surface area (Å²) in [4.78, 5) is 33.3. The number of hydrogen-bond acceptors (Lipinski definition) is 5. The Bertz CT molecular complexity index is 817. The van der Waals surface area contributed by atoms with Crippen LogP contribution in [0.4, 0.5) is 4.79 Å². The van der Waals surface area contributed by atoms with E-state index in [0.717, 1.165) is 17.6 Å². The highest BCUT2D eigenvalue weighted by Gasteiger charge is 2.24. The molecule has 0 saturated carbocycles. The number of nitrogens with zero attached hydrogens (tertiary/aromatic N) is 4. The molecule has 0 radical (unpaired) electrons. The van der Waals surface area contributed by atoms with Gasteiger partial charge in [-0.25, -0.2) is 9.78 Å². The molecule has 0 aromatic carbocycles. The lowest BCUT2D eigenvalue weighted by atomic mass is 10.1. The zero-order valence-corrected chi connectivity index (χ0v) is 14.0. The van der Waals surface area contributed by atoms with Crippen LogP contribution in [0.5, 0.6) is 0 Å². The van der Waals surface area contributed by atoms with Gasteiger partial charge in [-0.2, -0.15) is 0 Å². The molecule has 0 atom stereocenters. The molecule has 0 saturated heterocycles. The Morgan fingerprint density at radius 1 is 1.29 bits per heavy atom. The van der Waals surface area contributed by atoms with Gasteiger partial charge in [0, 0.05) is 19.3 Å². The molecule has 2 aromatic heterocycles. The normalized spacial score (nSPS) is 15.3. The fourth-order valence-electron chi connectivity index (χ4n) is 2.56. The van der Waals surface area contributed by atoms with Crippen LogP contribution in [0.15, 0.2) is 24.7 Å². The van der Waals surface area contributed by atoms with Gasteiger partial charge < -0.3 is 9.64 Å². The van der Waals surface area contributed by atoms with Crippen molar-refractivity contribution in [2.24, 2.45) is 0 Å². The number of carbonyl (C=O) groups is 2. The number of carbonyl (C=O) groups excluding carboxylic acids is 2. The first-order chi connectivity index (χ1) is 11.4. The smallest absolute Gasteiger partial charge is 0.410 e. The Morgan fingerprint density at radius 2 is 2.08 bits per heavy atom. The Morgan fingerprint density at radius 3 is 2.71 bits per heavy atom. The number of amides is 1. The summed E-state index contributed by atoms with van der Waals surface area (Å²) in [5.41, 5.74) is 2.45. The van der Waals surface area contributed by atoms with Gasteiger partial charge >= 0.3 is 6.09 Å². The molecular formula is C17H20N4O3. The summed E-state index contributed by atoms with van der Waals surface area (Å²) in [5, 5.41) is 0. The maximum Gasteiger partial charge on any atom is 0.410 e. The Kier molecular flexibility index (Phi) is 4.09. The summed E-state index contributed by atoms with van der Waals surface area (Å²) < 4.78 is 7.11. The van der Waals surface area contributed by atoms with E-state index in [9.17, 15) is 9.59 Å². The number of hydrogen-bond donors (Lipinski definition) is 0. The van der Waals surface area contributed by atoms with Crippen LogP contribution >= 0.6 is 0 Å². The van der Waals surface area contributed by atoms with E-state index < -0.39 is 5.60 Å². The second-order valence-corrected chi connectivity index (χ2v) is 6.71. The van der Waals surface area contributed by atoms with Gasteiger partial charge in [-0.1, -0.05) is 6.08 Å². The van der Waals surface area contributed by atoms with E-state index in [0.29, 0.717) is 30.9 Å². The lowest BCUT2D eigenvalue weighted by Crippen LogP contribution is -2.39. The molecule has 0 aliphatic carbocycles. The minimum atomic E-state index is -0.500. The topological polar surface area (TPSA) is 76.8 Å². The van der Waals surface area contributed by atoms with Crippen LogP contribution in [0.2, 0.25) is 0 Å². The maximum atomic E-state index is 12.1. The molecule has 0 spiro atoms. The van der Waals surface area contributed by atoms with Crippen LogP contribution < -0.4 is 0 Å². The summed E-state index contributed by atoms with van der Waals surface area (Å²) in [6, 6.07) is 0. The zero-order chi connectivity index (χ0) is 17.3. The number of ether oxygens (including phenoxy) is 1. The van der Waals surface area contributed by atoms with E-state index in [2.05, 4.69) is 9.97 Å². The standard InChI is InChI=1S/C17H20N4O3/c1-17(2,3)24-16(23)20-6-4-12(5-7-20)14-10-21-13(11-22)8-19-15(21)9-18-14/h4,8-11H,5-7H2,1-3H3. The quantitative estimate of drug-likeness (QED) is 0.792.